The third-order valence-corrected chi connectivity index (χ3v) is 5.24. The third-order valence-electron chi connectivity index (χ3n) is 4.69. The Kier molecular flexibility index (Phi) is 10.8. The lowest BCUT2D eigenvalue weighted by Crippen LogP contribution is -2.01. The average Bonchev–Trinajstić information content (AvgIpc) is 2.69. The molecule has 0 N–H and O–H groups in total. The van der Waals surface area contributed by atoms with Crippen LogP contribution in [0.5, 0.6) is 11.5 Å². The van der Waals surface area contributed by atoms with Gasteiger partial charge >= 0.3 is 0 Å². The molecule has 0 atom stereocenters. The molecule has 0 heterocycles. The molecule has 2 aromatic rings. The summed E-state index contributed by atoms with van der Waals surface area (Å²) in [5.41, 5.74) is 0. The molecule has 4 heteroatoms. The fourth-order valence-electron chi connectivity index (χ4n) is 3.16. The van der Waals surface area contributed by atoms with E-state index in [9.17, 15) is 0 Å². The van der Waals surface area contributed by atoms with Gasteiger partial charge in [-0.1, -0.05) is 74.9 Å². The number of hydrogen-bond acceptors (Lipinski definition) is 2. The number of rotatable bonds is 14. The van der Waals surface area contributed by atoms with Crippen LogP contribution in [-0.2, 0) is 0 Å². The lowest BCUT2D eigenvalue weighted by atomic mass is 10.1. The molecule has 27 heavy (non-hydrogen) atoms. The van der Waals surface area contributed by atoms with E-state index in [0.29, 0.717) is 24.1 Å². The van der Waals surface area contributed by atoms with Crippen molar-refractivity contribution in [2.24, 2.45) is 0 Å². The van der Waals surface area contributed by atoms with Crippen LogP contribution in [0.2, 0.25) is 5.02 Å². The van der Waals surface area contributed by atoms with Crippen LogP contribution in [0.15, 0.2) is 30.3 Å². The van der Waals surface area contributed by atoms with Crippen molar-refractivity contribution in [1.29, 1.82) is 0 Å². The first-order valence-corrected chi connectivity index (χ1v) is 11.2. The first kappa shape index (κ1) is 22.2. The van der Waals surface area contributed by atoms with Crippen molar-refractivity contribution in [3.05, 3.63) is 35.4 Å². The Hall–Kier alpha value is -1.12. The van der Waals surface area contributed by atoms with Gasteiger partial charge in [0.05, 0.1) is 18.2 Å². The van der Waals surface area contributed by atoms with Gasteiger partial charge in [-0.15, -0.1) is 11.6 Å². The van der Waals surface area contributed by atoms with Crippen molar-refractivity contribution >= 4 is 34.0 Å². The Morgan fingerprint density at radius 3 is 2.15 bits per heavy atom. The summed E-state index contributed by atoms with van der Waals surface area (Å²) in [6, 6.07) is 10.0. The smallest absolute Gasteiger partial charge is 0.145 e. The molecule has 0 saturated carbocycles. The van der Waals surface area contributed by atoms with E-state index in [0.717, 1.165) is 48.0 Å². The maximum Gasteiger partial charge on any atom is 0.145 e. The Balaban J connectivity index is 1.97. The number of unbranched alkanes of at least 4 members (excludes halogenated alkanes) is 7. The van der Waals surface area contributed by atoms with Crippen molar-refractivity contribution in [1.82, 2.24) is 0 Å². The topological polar surface area (TPSA) is 18.5 Å². The van der Waals surface area contributed by atoms with E-state index < -0.39 is 0 Å². The molecule has 2 rings (SSSR count). The molecule has 2 nitrogen and oxygen atoms in total. The molecule has 0 spiro atoms. The van der Waals surface area contributed by atoms with Crippen molar-refractivity contribution < 1.29 is 9.47 Å². The van der Waals surface area contributed by atoms with Gasteiger partial charge < -0.3 is 9.47 Å². The van der Waals surface area contributed by atoms with Gasteiger partial charge in [-0.2, -0.15) is 0 Å². The van der Waals surface area contributed by atoms with Crippen molar-refractivity contribution in [3.63, 3.8) is 0 Å². The highest BCUT2D eigenvalue weighted by Crippen LogP contribution is 2.39. The zero-order valence-electron chi connectivity index (χ0n) is 16.4. The molecule has 0 bridgehead atoms. The van der Waals surface area contributed by atoms with Crippen LogP contribution in [0, 0.1) is 0 Å². The highest BCUT2D eigenvalue weighted by atomic mass is 35.5. The predicted octanol–water partition coefficient (Wildman–Crippen LogP) is 8.02. The third kappa shape index (κ3) is 7.43. The van der Waals surface area contributed by atoms with Gasteiger partial charge in [-0.25, -0.2) is 0 Å². The molecule has 0 aliphatic carbocycles. The number of alkyl halides is 1. The van der Waals surface area contributed by atoms with E-state index >= 15 is 0 Å². The van der Waals surface area contributed by atoms with Crippen LogP contribution in [0.4, 0.5) is 0 Å². The summed E-state index contributed by atoms with van der Waals surface area (Å²) in [6.45, 7) is 3.62. The summed E-state index contributed by atoms with van der Waals surface area (Å²) in [4.78, 5) is 0. The predicted molar refractivity (Wildman–Crippen MR) is 118 cm³/mol. The number of halogens is 2. The maximum atomic E-state index is 6.53. The second kappa shape index (κ2) is 13.1. The van der Waals surface area contributed by atoms with Crippen LogP contribution in [0.3, 0.4) is 0 Å². The minimum Gasteiger partial charge on any atom is -0.493 e. The van der Waals surface area contributed by atoms with Gasteiger partial charge in [0.1, 0.15) is 11.5 Å². The minimum atomic E-state index is 0.621. The molecule has 0 aliphatic heterocycles. The first-order valence-electron chi connectivity index (χ1n) is 10.3. The van der Waals surface area contributed by atoms with Crippen molar-refractivity contribution in [2.45, 2.75) is 64.7 Å². The standard InChI is InChI=1S/C23H32Cl2O2/c1-2-3-4-5-6-11-17-27-23-20-14-9-8-13-19(20)22(18-21(23)25)26-16-12-7-10-15-24/h8-9,13-14,18H,2-7,10-12,15-17H2,1H3. The van der Waals surface area contributed by atoms with Crippen LogP contribution >= 0.6 is 23.2 Å². The summed E-state index contributed by atoms with van der Waals surface area (Å²) >= 11 is 12.3. The summed E-state index contributed by atoms with van der Waals surface area (Å²) in [7, 11) is 0. The SMILES string of the molecule is CCCCCCCCOc1c(Cl)cc(OCCCCCCl)c2ccccc12. The molecule has 2 aromatic carbocycles. The number of benzene rings is 2. The first-order chi connectivity index (χ1) is 13.3. The van der Waals surface area contributed by atoms with Gasteiger partial charge in [0.15, 0.2) is 0 Å². The Labute approximate surface area is 174 Å². The zero-order valence-corrected chi connectivity index (χ0v) is 18.0. The van der Waals surface area contributed by atoms with Crippen LogP contribution < -0.4 is 9.47 Å². The molecule has 150 valence electrons. The zero-order chi connectivity index (χ0) is 19.3. The van der Waals surface area contributed by atoms with E-state index in [1.54, 1.807) is 0 Å². The van der Waals surface area contributed by atoms with Gasteiger partial charge in [-0.3, -0.25) is 0 Å². The van der Waals surface area contributed by atoms with E-state index in [2.05, 4.69) is 19.1 Å². The normalized spacial score (nSPS) is 11.1. The van der Waals surface area contributed by atoms with E-state index in [-0.39, 0.29) is 0 Å². The number of hydrogen-bond donors (Lipinski definition) is 0. The summed E-state index contributed by atoms with van der Waals surface area (Å²) in [5.74, 6) is 2.31. The second-order valence-corrected chi connectivity index (χ2v) is 7.73. The minimum absolute atomic E-state index is 0.621. The Bertz CT molecular complexity index is 673. The molecule has 0 unspecified atom stereocenters. The Morgan fingerprint density at radius 1 is 0.778 bits per heavy atom. The monoisotopic (exact) mass is 410 g/mol. The molecule has 0 aliphatic rings. The van der Waals surface area contributed by atoms with E-state index in [1.165, 1.54) is 32.1 Å². The molecule has 0 saturated heterocycles. The number of ether oxygens (including phenoxy) is 2. The Morgan fingerprint density at radius 2 is 1.41 bits per heavy atom. The largest absolute Gasteiger partial charge is 0.493 e. The summed E-state index contributed by atoms with van der Waals surface area (Å²) in [5, 5.41) is 2.69. The molecular formula is C23H32Cl2O2. The van der Waals surface area contributed by atoms with Crippen molar-refractivity contribution in [2.75, 3.05) is 19.1 Å². The molecule has 0 fully saturated rings. The summed E-state index contributed by atoms with van der Waals surface area (Å²) in [6.07, 6.45) is 10.6. The van der Waals surface area contributed by atoms with Crippen LogP contribution in [0.25, 0.3) is 10.8 Å². The van der Waals surface area contributed by atoms with Gasteiger partial charge in [0.25, 0.3) is 0 Å². The lowest BCUT2D eigenvalue weighted by Gasteiger charge is -2.15. The lowest BCUT2D eigenvalue weighted by molar-refractivity contribution is 0.302. The van der Waals surface area contributed by atoms with Gasteiger partial charge in [0, 0.05) is 22.7 Å². The fraction of sp³-hybridized carbons (Fsp3) is 0.565. The molecule has 0 radical (unpaired) electrons. The summed E-state index contributed by atoms with van der Waals surface area (Å²) < 4.78 is 12.1. The van der Waals surface area contributed by atoms with Gasteiger partial charge in [0.2, 0.25) is 0 Å². The quantitative estimate of drug-likeness (QED) is 0.231. The highest BCUT2D eigenvalue weighted by Gasteiger charge is 2.13. The fourth-order valence-corrected chi connectivity index (χ4v) is 3.61. The van der Waals surface area contributed by atoms with Crippen molar-refractivity contribution in [3.8, 4) is 11.5 Å². The van der Waals surface area contributed by atoms with Crippen LogP contribution in [-0.4, -0.2) is 19.1 Å². The highest BCUT2D eigenvalue weighted by molar-refractivity contribution is 6.33. The van der Waals surface area contributed by atoms with E-state index in [1.807, 2.05) is 18.2 Å². The van der Waals surface area contributed by atoms with Crippen LogP contribution in [0.1, 0.15) is 64.7 Å². The molecular weight excluding hydrogens is 379 g/mol. The molecule has 0 amide bonds. The average molecular weight is 411 g/mol. The van der Waals surface area contributed by atoms with E-state index in [4.69, 9.17) is 32.7 Å². The van der Waals surface area contributed by atoms with Gasteiger partial charge in [-0.05, 0) is 25.7 Å². The maximum absolute atomic E-state index is 6.53. The molecule has 0 aromatic heterocycles. The number of fused-ring (bicyclic) bond motifs is 1. The second-order valence-electron chi connectivity index (χ2n) is 6.95.